The summed E-state index contributed by atoms with van der Waals surface area (Å²) in [5.74, 6) is 2.12. The highest BCUT2D eigenvalue weighted by molar-refractivity contribution is 5.54. The smallest absolute Gasteiger partial charge is 0.203 e. The van der Waals surface area contributed by atoms with E-state index in [-0.39, 0.29) is 12.1 Å². The van der Waals surface area contributed by atoms with Crippen molar-refractivity contribution in [2.24, 2.45) is 0 Å². The summed E-state index contributed by atoms with van der Waals surface area (Å²) in [6, 6.07) is 4.13. The van der Waals surface area contributed by atoms with E-state index in [9.17, 15) is 5.11 Å². The fourth-order valence-corrected chi connectivity index (χ4v) is 3.03. The van der Waals surface area contributed by atoms with Crippen molar-refractivity contribution in [3.05, 3.63) is 17.7 Å². The third kappa shape index (κ3) is 3.24. The number of methoxy groups -OCH3 is 1. The molecular weight excluding hydrogens is 270 g/mol. The maximum absolute atomic E-state index is 10.0. The summed E-state index contributed by atoms with van der Waals surface area (Å²) in [6.45, 7) is 1.80. The molecule has 0 unspecified atom stereocenters. The second-order valence-electron chi connectivity index (χ2n) is 5.66. The molecular formula is C16H23NO4. The van der Waals surface area contributed by atoms with Gasteiger partial charge in [0.25, 0.3) is 0 Å². The topological polar surface area (TPSA) is 60.0 Å². The van der Waals surface area contributed by atoms with Crippen molar-refractivity contribution >= 4 is 0 Å². The Hall–Kier alpha value is -1.46. The summed E-state index contributed by atoms with van der Waals surface area (Å²) >= 11 is 0. The van der Waals surface area contributed by atoms with Crippen molar-refractivity contribution < 1.29 is 19.3 Å². The summed E-state index contributed by atoms with van der Waals surface area (Å²) in [5.41, 5.74) is 1.08. The molecule has 1 aromatic carbocycles. The fourth-order valence-electron chi connectivity index (χ4n) is 3.03. The van der Waals surface area contributed by atoms with Gasteiger partial charge in [-0.2, -0.15) is 0 Å². The number of nitrogens with one attached hydrogen (secondary N) is 1. The van der Waals surface area contributed by atoms with Crippen LogP contribution in [0.3, 0.4) is 0 Å². The fraction of sp³-hybridized carbons (Fsp3) is 0.625. The molecule has 0 bridgehead atoms. The number of hydrogen-bond donors (Lipinski definition) is 2. The molecule has 1 saturated carbocycles. The van der Waals surface area contributed by atoms with Gasteiger partial charge < -0.3 is 24.6 Å². The number of rotatable bonds is 4. The maximum Gasteiger partial charge on any atom is 0.203 e. The van der Waals surface area contributed by atoms with E-state index in [1.54, 1.807) is 7.11 Å². The number of ether oxygens (including phenoxy) is 3. The van der Waals surface area contributed by atoms with Gasteiger partial charge in [-0.05, 0) is 30.5 Å². The molecule has 1 aliphatic carbocycles. The molecule has 1 fully saturated rings. The first-order valence-electron chi connectivity index (χ1n) is 7.66. The SMILES string of the molecule is COc1cc(CN[C@H]2CCCC[C@H]2O)cc2c1OCCO2. The monoisotopic (exact) mass is 293 g/mol. The first kappa shape index (κ1) is 14.5. The summed E-state index contributed by atoms with van der Waals surface area (Å²) in [6.07, 6.45) is 3.99. The number of fused-ring (bicyclic) bond motifs is 1. The second kappa shape index (κ2) is 6.54. The molecule has 2 aliphatic rings. The van der Waals surface area contributed by atoms with E-state index in [0.29, 0.717) is 31.3 Å². The van der Waals surface area contributed by atoms with Crippen LogP contribution >= 0.6 is 0 Å². The van der Waals surface area contributed by atoms with Gasteiger partial charge in [0.15, 0.2) is 11.5 Å². The van der Waals surface area contributed by atoms with Crippen molar-refractivity contribution in [1.29, 1.82) is 0 Å². The lowest BCUT2D eigenvalue weighted by atomic mass is 9.92. The third-order valence-corrected chi connectivity index (χ3v) is 4.19. The van der Waals surface area contributed by atoms with Gasteiger partial charge in [-0.1, -0.05) is 12.8 Å². The molecule has 1 aromatic rings. The summed E-state index contributed by atoms with van der Waals surface area (Å²) in [4.78, 5) is 0. The van der Waals surface area contributed by atoms with Gasteiger partial charge in [-0.3, -0.25) is 0 Å². The average molecular weight is 293 g/mol. The average Bonchev–Trinajstić information content (AvgIpc) is 2.53. The molecule has 2 N–H and O–H groups in total. The molecule has 0 aromatic heterocycles. The molecule has 5 nitrogen and oxygen atoms in total. The predicted molar refractivity (Wildman–Crippen MR) is 79.1 cm³/mol. The second-order valence-corrected chi connectivity index (χ2v) is 5.66. The quantitative estimate of drug-likeness (QED) is 0.887. The van der Waals surface area contributed by atoms with E-state index < -0.39 is 0 Å². The van der Waals surface area contributed by atoms with E-state index >= 15 is 0 Å². The van der Waals surface area contributed by atoms with Gasteiger partial charge in [-0.15, -0.1) is 0 Å². The van der Waals surface area contributed by atoms with Crippen LogP contribution in [0, 0.1) is 0 Å². The van der Waals surface area contributed by atoms with Gasteiger partial charge in [-0.25, -0.2) is 0 Å². The normalized spacial score (nSPS) is 24.7. The van der Waals surface area contributed by atoms with Gasteiger partial charge in [0, 0.05) is 12.6 Å². The Morgan fingerprint density at radius 3 is 2.86 bits per heavy atom. The van der Waals surface area contributed by atoms with Crippen molar-refractivity contribution in [1.82, 2.24) is 5.32 Å². The zero-order valence-electron chi connectivity index (χ0n) is 12.4. The predicted octanol–water partition coefficient (Wildman–Crippen LogP) is 1.86. The number of benzene rings is 1. The van der Waals surface area contributed by atoms with Gasteiger partial charge in [0.05, 0.1) is 13.2 Å². The lowest BCUT2D eigenvalue weighted by Gasteiger charge is -2.29. The van der Waals surface area contributed by atoms with Crippen molar-refractivity contribution in [3.63, 3.8) is 0 Å². The summed E-state index contributed by atoms with van der Waals surface area (Å²) in [7, 11) is 1.63. The van der Waals surface area contributed by atoms with Gasteiger partial charge in [0.2, 0.25) is 5.75 Å². The largest absolute Gasteiger partial charge is 0.493 e. The Labute approximate surface area is 125 Å². The lowest BCUT2D eigenvalue weighted by Crippen LogP contribution is -2.41. The van der Waals surface area contributed by atoms with Crippen LogP contribution in [0.15, 0.2) is 12.1 Å². The minimum absolute atomic E-state index is 0.179. The Morgan fingerprint density at radius 2 is 2.05 bits per heavy atom. The molecule has 1 aliphatic heterocycles. The molecule has 0 saturated heterocycles. The zero-order valence-corrected chi connectivity index (χ0v) is 12.4. The van der Waals surface area contributed by atoms with Crippen molar-refractivity contribution in [2.75, 3.05) is 20.3 Å². The molecule has 0 amide bonds. The first-order chi connectivity index (χ1) is 10.3. The lowest BCUT2D eigenvalue weighted by molar-refractivity contribution is 0.0902. The van der Waals surface area contributed by atoms with E-state index in [1.165, 1.54) is 6.42 Å². The van der Waals surface area contributed by atoms with E-state index in [2.05, 4.69) is 5.32 Å². The number of aliphatic hydroxyl groups is 1. The molecule has 21 heavy (non-hydrogen) atoms. The number of aliphatic hydroxyl groups excluding tert-OH is 1. The van der Waals surface area contributed by atoms with Gasteiger partial charge >= 0.3 is 0 Å². The van der Waals surface area contributed by atoms with Crippen LogP contribution in [0.1, 0.15) is 31.2 Å². The van der Waals surface area contributed by atoms with Crippen LogP contribution in [-0.4, -0.2) is 37.6 Å². The van der Waals surface area contributed by atoms with E-state index in [0.717, 1.165) is 30.6 Å². The zero-order chi connectivity index (χ0) is 14.7. The van der Waals surface area contributed by atoms with Crippen LogP contribution in [0.2, 0.25) is 0 Å². The van der Waals surface area contributed by atoms with Crippen molar-refractivity contribution in [2.45, 2.75) is 44.4 Å². The highest BCUT2D eigenvalue weighted by Crippen LogP contribution is 2.40. The molecule has 0 radical (unpaired) electrons. The van der Waals surface area contributed by atoms with Gasteiger partial charge in [0.1, 0.15) is 13.2 Å². The molecule has 5 heteroatoms. The summed E-state index contributed by atoms with van der Waals surface area (Å²) < 4.78 is 16.6. The Morgan fingerprint density at radius 1 is 1.24 bits per heavy atom. The Balaban J connectivity index is 1.70. The van der Waals surface area contributed by atoms with Crippen LogP contribution < -0.4 is 19.5 Å². The minimum Gasteiger partial charge on any atom is -0.493 e. The Bertz CT molecular complexity index is 474. The van der Waals surface area contributed by atoms with Crippen LogP contribution in [-0.2, 0) is 6.54 Å². The first-order valence-corrected chi connectivity index (χ1v) is 7.66. The summed E-state index contributed by atoms with van der Waals surface area (Å²) in [5, 5.41) is 13.5. The van der Waals surface area contributed by atoms with E-state index in [4.69, 9.17) is 14.2 Å². The molecule has 2 atom stereocenters. The standard InChI is InChI=1S/C16H23NO4/c1-19-14-8-11(9-15-16(14)21-7-6-20-15)10-17-12-4-2-3-5-13(12)18/h8-9,12-13,17-18H,2-7,10H2,1H3/t12-,13+/m0/s1. The number of hydrogen-bond acceptors (Lipinski definition) is 5. The highest BCUT2D eigenvalue weighted by atomic mass is 16.6. The Kier molecular flexibility index (Phi) is 4.51. The van der Waals surface area contributed by atoms with E-state index in [1.807, 2.05) is 12.1 Å². The van der Waals surface area contributed by atoms with Crippen LogP contribution in [0.25, 0.3) is 0 Å². The minimum atomic E-state index is -0.238. The molecule has 1 heterocycles. The van der Waals surface area contributed by atoms with Crippen LogP contribution in [0.5, 0.6) is 17.2 Å². The molecule has 3 rings (SSSR count). The molecule has 0 spiro atoms. The highest BCUT2D eigenvalue weighted by Gasteiger charge is 2.23. The maximum atomic E-state index is 10.0. The van der Waals surface area contributed by atoms with Crippen molar-refractivity contribution in [3.8, 4) is 17.2 Å². The molecule has 116 valence electrons. The third-order valence-electron chi connectivity index (χ3n) is 4.19. The van der Waals surface area contributed by atoms with Crippen LogP contribution in [0.4, 0.5) is 0 Å².